The van der Waals surface area contributed by atoms with Crippen LogP contribution in [0.3, 0.4) is 0 Å². The molecule has 1 heterocycles. The van der Waals surface area contributed by atoms with Gasteiger partial charge in [-0.3, -0.25) is 4.79 Å². The van der Waals surface area contributed by atoms with Gasteiger partial charge in [0.15, 0.2) is 0 Å². The molecular formula is C17H13ClN2O2. The number of hydrogen-bond acceptors (Lipinski definition) is 3. The number of anilines is 1. The van der Waals surface area contributed by atoms with Gasteiger partial charge in [-0.2, -0.15) is 5.26 Å². The molecule has 0 unspecified atom stereocenters. The summed E-state index contributed by atoms with van der Waals surface area (Å²) in [5.74, 6) is 0.144. The monoisotopic (exact) mass is 312 g/mol. The van der Waals surface area contributed by atoms with E-state index in [4.69, 9.17) is 21.3 Å². The molecule has 1 aromatic heterocycles. The first-order valence-corrected chi connectivity index (χ1v) is 6.87. The molecule has 0 aliphatic heterocycles. The Kier molecular flexibility index (Phi) is 5.18. The molecule has 2 rings (SSSR count). The Morgan fingerprint density at radius 2 is 2.23 bits per heavy atom. The van der Waals surface area contributed by atoms with E-state index in [-0.39, 0.29) is 5.57 Å². The Morgan fingerprint density at radius 1 is 1.41 bits per heavy atom. The third kappa shape index (κ3) is 4.11. The predicted molar refractivity (Wildman–Crippen MR) is 86.3 cm³/mol. The van der Waals surface area contributed by atoms with Gasteiger partial charge in [0.05, 0.1) is 6.26 Å². The highest BCUT2D eigenvalue weighted by Gasteiger charge is 2.09. The fourth-order valence-electron chi connectivity index (χ4n) is 1.66. The maximum Gasteiger partial charge on any atom is 0.266 e. The minimum absolute atomic E-state index is 0.0143. The molecule has 1 aromatic carbocycles. The highest BCUT2D eigenvalue weighted by atomic mass is 35.5. The molecule has 0 atom stereocenters. The van der Waals surface area contributed by atoms with Gasteiger partial charge in [-0.25, -0.2) is 0 Å². The zero-order valence-electron chi connectivity index (χ0n) is 11.8. The van der Waals surface area contributed by atoms with Gasteiger partial charge in [-0.15, -0.1) is 0 Å². The number of rotatable bonds is 4. The Labute approximate surface area is 133 Å². The summed E-state index contributed by atoms with van der Waals surface area (Å²) < 4.78 is 5.12. The molecule has 0 spiro atoms. The predicted octanol–water partition coefficient (Wildman–Crippen LogP) is 4.34. The van der Waals surface area contributed by atoms with Gasteiger partial charge < -0.3 is 9.73 Å². The number of allylic oxidation sites excluding steroid dienone is 2. The van der Waals surface area contributed by atoms with E-state index >= 15 is 0 Å². The standard InChI is InChI=1S/C17H13ClN2O2/c1-12-7-8-14(10-16(12)18)20-17(21)13(11-19)4-2-5-15-6-3-9-22-15/h2-10H,1H3,(H,20,21)/b5-2+,13-4-. The van der Waals surface area contributed by atoms with Gasteiger partial charge in [0.1, 0.15) is 17.4 Å². The fraction of sp³-hybridized carbons (Fsp3) is 0.0588. The minimum atomic E-state index is -0.494. The SMILES string of the molecule is Cc1ccc(NC(=O)/C(C#N)=C\C=C\c2ccco2)cc1Cl. The van der Waals surface area contributed by atoms with Gasteiger partial charge in [0, 0.05) is 10.7 Å². The number of carbonyl (C=O) groups is 1. The zero-order valence-corrected chi connectivity index (χ0v) is 12.6. The van der Waals surface area contributed by atoms with Gasteiger partial charge >= 0.3 is 0 Å². The number of aryl methyl sites for hydroxylation is 1. The summed E-state index contributed by atoms with van der Waals surface area (Å²) in [4.78, 5) is 12.0. The molecule has 0 aliphatic rings. The van der Waals surface area contributed by atoms with Crippen molar-refractivity contribution in [1.29, 1.82) is 5.26 Å². The van der Waals surface area contributed by atoms with E-state index in [9.17, 15) is 4.79 Å². The van der Waals surface area contributed by atoms with E-state index < -0.39 is 5.91 Å². The molecule has 1 amide bonds. The van der Waals surface area contributed by atoms with Crippen LogP contribution >= 0.6 is 11.6 Å². The maximum absolute atomic E-state index is 12.0. The van der Waals surface area contributed by atoms with Crippen molar-refractivity contribution >= 4 is 29.3 Å². The zero-order chi connectivity index (χ0) is 15.9. The van der Waals surface area contributed by atoms with Crippen LogP contribution in [0.2, 0.25) is 5.02 Å². The third-order valence-electron chi connectivity index (χ3n) is 2.86. The van der Waals surface area contributed by atoms with Crippen molar-refractivity contribution < 1.29 is 9.21 Å². The molecular weight excluding hydrogens is 300 g/mol. The lowest BCUT2D eigenvalue weighted by molar-refractivity contribution is -0.112. The number of benzene rings is 1. The van der Waals surface area contributed by atoms with Crippen molar-refractivity contribution in [2.24, 2.45) is 0 Å². The Balaban J connectivity index is 2.08. The van der Waals surface area contributed by atoms with Crippen LogP contribution in [-0.2, 0) is 4.79 Å². The number of halogens is 1. The lowest BCUT2D eigenvalue weighted by Gasteiger charge is -2.05. The molecule has 2 aromatic rings. The maximum atomic E-state index is 12.0. The van der Waals surface area contributed by atoms with E-state index in [2.05, 4.69) is 5.32 Å². The molecule has 1 N–H and O–H groups in total. The first-order valence-electron chi connectivity index (χ1n) is 6.49. The molecule has 5 heteroatoms. The number of nitrogens with zero attached hydrogens (tertiary/aromatic N) is 1. The summed E-state index contributed by atoms with van der Waals surface area (Å²) >= 11 is 6.00. The molecule has 0 radical (unpaired) electrons. The Hall–Kier alpha value is -2.77. The van der Waals surface area contributed by atoms with E-state index in [0.29, 0.717) is 16.5 Å². The van der Waals surface area contributed by atoms with Crippen molar-refractivity contribution in [1.82, 2.24) is 0 Å². The average Bonchev–Trinajstić information content (AvgIpc) is 3.00. The summed E-state index contributed by atoms with van der Waals surface area (Å²) in [7, 11) is 0. The van der Waals surface area contributed by atoms with Crippen LogP contribution < -0.4 is 5.32 Å². The lowest BCUT2D eigenvalue weighted by Crippen LogP contribution is -2.13. The molecule has 0 aliphatic carbocycles. The van der Waals surface area contributed by atoms with E-state index in [0.717, 1.165) is 5.56 Å². The lowest BCUT2D eigenvalue weighted by atomic mass is 10.2. The van der Waals surface area contributed by atoms with Crippen molar-refractivity contribution in [3.63, 3.8) is 0 Å². The molecule has 0 saturated heterocycles. The number of hydrogen-bond donors (Lipinski definition) is 1. The van der Waals surface area contributed by atoms with E-state index in [1.165, 1.54) is 6.08 Å². The largest absolute Gasteiger partial charge is 0.465 e. The highest BCUT2D eigenvalue weighted by Crippen LogP contribution is 2.20. The van der Waals surface area contributed by atoms with Crippen LogP contribution in [-0.4, -0.2) is 5.91 Å². The first kappa shape index (κ1) is 15.6. The van der Waals surface area contributed by atoms with Crippen LogP contribution in [0.1, 0.15) is 11.3 Å². The second-order valence-electron chi connectivity index (χ2n) is 4.48. The second-order valence-corrected chi connectivity index (χ2v) is 4.89. The molecule has 0 saturated carbocycles. The minimum Gasteiger partial charge on any atom is -0.465 e. The summed E-state index contributed by atoms with van der Waals surface area (Å²) in [5.41, 5.74) is 1.44. The first-order chi connectivity index (χ1) is 10.6. The topological polar surface area (TPSA) is 66.0 Å². The number of nitrogens with one attached hydrogen (secondary N) is 1. The molecule has 4 nitrogen and oxygen atoms in total. The van der Waals surface area contributed by atoms with Crippen LogP contribution in [0.5, 0.6) is 0 Å². The number of nitriles is 1. The van der Waals surface area contributed by atoms with Crippen LogP contribution in [0.25, 0.3) is 6.08 Å². The Bertz CT molecular complexity index is 768. The summed E-state index contributed by atoms with van der Waals surface area (Å²) in [6, 6.07) is 10.5. The van der Waals surface area contributed by atoms with Crippen LogP contribution in [0.15, 0.2) is 58.7 Å². The summed E-state index contributed by atoms with van der Waals surface area (Å²) in [5, 5.41) is 12.3. The second kappa shape index (κ2) is 7.30. The summed E-state index contributed by atoms with van der Waals surface area (Å²) in [6.45, 7) is 1.87. The van der Waals surface area contributed by atoms with Gasteiger partial charge in [-0.1, -0.05) is 23.7 Å². The van der Waals surface area contributed by atoms with Crippen molar-refractivity contribution in [3.8, 4) is 6.07 Å². The smallest absolute Gasteiger partial charge is 0.266 e. The van der Waals surface area contributed by atoms with E-state index in [1.54, 1.807) is 48.7 Å². The third-order valence-corrected chi connectivity index (χ3v) is 3.27. The molecule has 110 valence electrons. The van der Waals surface area contributed by atoms with Gasteiger partial charge in [0.25, 0.3) is 5.91 Å². The van der Waals surface area contributed by atoms with E-state index in [1.807, 2.05) is 13.0 Å². The number of carbonyl (C=O) groups excluding carboxylic acids is 1. The van der Waals surface area contributed by atoms with Crippen LogP contribution in [0, 0.1) is 18.3 Å². The molecule has 22 heavy (non-hydrogen) atoms. The Morgan fingerprint density at radius 3 is 2.86 bits per heavy atom. The van der Waals surface area contributed by atoms with Crippen LogP contribution in [0.4, 0.5) is 5.69 Å². The fourth-order valence-corrected chi connectivity index (χ4v) is 1.84. The van der Waals surface area contributed by atoms with Gasteiger partial charge in [-0.05, 0) is 48.9 Å². The van der Waals surface area contributed by atoms with Crippen molar-refractivity contribution in [2.75, 3.05) is 5.32 Å². The quantitative estimate of drug-likeness (QED) is 0.518. The number of furan rings is 1. The summed E-state index contributed by atoms with van der Waals surface area (Å²) in [6.07, 6.45) is 6.21. The molecule has 0 fully saturated rings. The average molecular weight is 313 g/mol. The van der Waals surface area contributed by atoms with Gasteiger partial charge in [0.2, 0.25) is 0 Å². The number of amides is 1. The normalized spacial score (nSPS) is 11.4. The molecule has 0 bridgehead atoms. The van der Waals surface area contributed by atoms with Crippen molar-refractivity contribution in [2.45, 2.75) is 6.92 Å². The van der Waals surface area contributed by atoms with Crippen molar-refractivity contribution in [3.05, 3.63) is 70.7 Å². The highest BCUT2D eigenvalue weighted by molar-refractivity contribution is 6.31.